The number of fused-ring (bicyclic) bond motifs is 1. The maximum Gasteiger partial charge on any atom is 0.261 e. The number of hydrogen-bond donors (Lipinski definition) is 2. The molecule has 1 heterocycles. The molecule has 0 atom stereocenters. The molecule has 1 aromatic heterocycles. The zero-order valence-electron chi connectivity index (χ0n) is 18.3. The van der Waals surface area contributed by atoms with Crippen LogP contribution >= 0.6 is 11.6 Å². The molecule has 4 rings (SSSR count). The predicted octanol–water partition coefficient (Wildman–Crippen LogP) is 5.87. The number of nitrogens with one attached hydrogen (secondary N) is 2. The molecule has 3 aromatic carbocycles. The zero-order chi connectivity index (χ0) is 23.8. The van der Waals surface area contributed by atoms with Gasteiger partial charge in [0.05, 0.1) is 27.4 Å². The molecule has 0 aliphatic carbocycles. The van der Waals surface area contributed by atoms with Crippen molar-refractivity contribution in [2.24, 2.45) is 0 Å². The zero-order valence-corrected chi connectivity index (χ0v) is 19.9. The van der Waals surface area contributed by atoms with Gasteiger partial charge in [-0.1, -0.05) is 29.8 Å². The molecule has 0 radical (unpaired) electrons. The fraction of sp³-hybridized carbons (Fsp3) is 0.120. The molecule has 2 N–H and O–H groups in total. The Morgan fingerprint density at radius 1 is 0.909 bits per heavy atom. The lowest BCUT2D eigenvalue weighted by Gasteiger charge is -2.14. The Balaban J connectivity index is 1.54. The lowest BCUT2D eigenvalue weighted by molar-refractivity contribution is 0.102. The van der Waals surface area contributed by atoms with Crippen molar-refractivity contribution in [1.82, 2.24) is 4.98 Å². The minimum Gasteiger partial charge on any atom is -0.322 e. The van der Waals surface area contributed by atoms with E-state index >= 15 is 0 Å². The number of sulfonamides is 1. The summed E-state index contributed by atoms with van der Waals surface area (Å²) in [4.78, 5) is 17.4. The smallest absolute Gasteiger partial charge is 0.261 e. The van der Waals surface area contributed by atoms with Crippen LogP contribution in [0.5, 0.6) is 0 Å². The van der Waals surface area contributed by atoms with Crippen molar-refractivity contribution in [1.29, 1.82) is 0 Å². The first kappa shape index (κ1) is 22.8. The summed E-state index contributed by atoms with van der Waals surface area (Å²) in [5.74, 6) is -0.342. The molecular formula is C25H22ClN3O3S. The Morgan fingerprint density at radius 2 is 1.58 bits per heavy atom. The molecule has 0 saturated carbocycles. The highest BCUT2D eigenvalue weighted by atomic mass is 35.5. The molecule has 1 amide bonds. The van der Waals surface area contributed by atoms with Crippen LogP contribution in [0.25, 0.3) is 10.9 Å². The average molecular weight is 480 g/mol. The van der Waals surface area contributed by atoms with Crippen molar-refractivity contribution in [2.75, 3.05) is 10.0 Å². The largest absolute Gasteiger partial charge is 0.322 e. The number of para-hydroxylation sites is 1. The summed E-state index contributed by atoms with van der Waals surface area (Å²) in [5.41, 5.74) is 4.45. The highest BCUT2D eigenvalue weighted by Crippen LogP contribution is 2.25. The lowest BCUT2D eigenvalue weighted by atomic mass is 10.1. The van der Waals surface area contributed by atoms with Crippen LogP contribution in [0.15, 0.2) is 71.6 Å². The number of nitrogens with zero attached hydrogens (tertiary/aromatic N) is 1. The summed E-state index contributed by atoms with van der Waals surface area (Å²) in [6.07, 6.45) is 0. The van der Waals surface area contributed by atoms with E-state index in [4.69, 9.17) is 11.6 Å². The molecule has 4 aromatic rings. The molecule has 0 aliphatic heterocycles. The van der Waals surface area contributed by atoms with Crippen molar-refractivity contribution in [2.45, 2.75) is 25.7 Å². The second kappa shape index (κ2) is 8.84. The minimum absolute atomic E-state index is 0.0985. The van der Waals surface area contributed by atoms with E-state index in [9.17, 15) is 13.2 Å². The van der Waals surface area contributed by atoms with Gasteiger partial charge < -0.3 is 5.32 Å². The molecule has 0 fully saturated rings. The van der Waals surface area contributed by atoms with Gasteiger partial charge in [-0.3, -0.25) is 14.5 Å². The van der Waals surface area contributed by atoms with E-state index < -0.39 is 10.0 Å². The van der Waals surface area contributed by atoms with Crippen LogP contribution in [0, 0.1) is 20.8 Å². The quantitative estimate of drug-likeness (QED) is 0.375. The topological polar surface area (TPSA) is 88.2 Å². The molecule has 168 valence electrons. The van der Waals surface area contributed by atoms with Gasteiger partial charge in [-0.25, -0.2) is 8.42 Å². The van der Waals surface area contributed by atoms with Crippen LogP contribution < -0.4 is 10.0 Å². The van der Waals surface area contributed by atoms with E-state index in [0.717, 1.165) is 22.0 Å². The van der Waals surface area contributed by atoms with Crippen LogP contribution in [0.1, 0.15) is 27.2 Å². The van der Waals surface area contributed by atoms with Gasteiger partial charge in [-0.15, -0.1) is 0 Å². The summed E-state index contributed by atoms with van der Waals surface area (Å²) in [7, 11) is -3.78. The number of benzene rings is 3. The minimum atomic E-state index is -3.78. The third kappa shape index (κ3) is 4.84. The first-order valence-corrected chi connectivity index (χ1v) is 12.1. The van der Waals surface area contributed by atoms with Crippen LogP contribution in [0.4, 0.5) is 11.4 Å². The highest BCUT2D eigenvalue weighted by molar-refractivity contribution is 7.92. The van der Waals surface area contributed by atoms with Gasteiger partial charge in [-0.2, -0.15) is 0 Å². The van der Waals surface area contributed by atoms with Crippen molar-refractivity contribution < 1.29 is 13.2 Å². The number of pyridine rings is 1. The van der Waals surface area contributed by atoms with Crippen LogP contribution in [-0.4, -0.2) is 19.3 Å². The van der Waals surface area contributed by atoms with Gasteiger partial charge in [0.2, 0.25) is 0 Å². The normalized spacial score (nSPS) is 11.4. The van der Waals surface area contributed by atoms with Gasteiger partial charge in [0, 0.05) is 16.1 Å². The summed E-state index contributed by atoms with van der Waals surface area (Å²) >= 11 is 6.06. The Hall–Kier alpha value is -3.42. The average Bonchev–Trinajstić information content (AvgIpc) is 2.76. The number of amides is 1. The molecule has 0 spiro atoms. The van der Waals surface area contributed by atoms with Gasteiger partial charge in [0.15, 0.2) is 0 Å². The van der Waals surface area contributed by atoms with Gasteiger partial charge in [-0.05, 0) is 80.4 Å². The molecule has 0 bridgehead atoms. The van der Waals surface area contributed by atoms with E-state index in [1.165, 1.54) is 12.1 Å². The summed E-state index contributed by atoms with van der Waals surface area (Å²) < 4.78 is 28.3. The number of hydrogen-bond acceptors (Lipinski definition) is 4. The summed E-state index contributed by atoms with van der Waals surface area (Å²) in [5, 5.41) is 4.12. The van der Waals surface area contributed by atoms with Gasteiger partial charge >= 0.3 is 0 Å². The Labute approximate surface area is 197 Å². The van der Waals surface area contributed by atoms with Crippen molar-refractivity contribution in [3.63, 3.8) is 0 Å². The summed E-state index contributed by atoms with van der Waals surface area (Å²) in [6.45, 7) is 5.46. The van der Waals surface area contributed by atoms with Crippen molar-refractivity contribution in [3.05, 3.63) is 94.1 Å². The van der Waals surface area contributed by atoms with E-state index in [-0.39, 0.29) is 10.8 Å². The van der Waals surface area contributed by atoms with E-state index in [0.29, 0.717) is 27.7 Å². The standard InChI is InChI=1S/C25H22ClN3O3S/c1-15-5-4-6-16(2)24(15)29-33(31,32)21-10-8-20(9-11-21)28-25(30)22-14-18-13-19(26)7-12-23(18)27-17(22)3/h4-14,29H,1-3H3,(H,28,30). The molecule has 6 nitrogen and oxygen atoms in total. The fourth-order valence-corrected chi connectivity index (χ4v) is 4.94. The number of anilines is 2. The van der Waals surface area contributed by atoms with E-state index in [2.05, 4.69) is 15.0 Å². The Kier molecular flexibility index (Phi) is 6.10. The molecule has 0 unspecified atom stereocenters. The Bertz CT molecular complexity index is 1460. The molecular weight excluding hydrogens is 458 g/mol. The van der Waals surface area contributed by atoms with E-state index in [1.807, 2.05) is 32.0 Å². The monoisotopic (exact) mass is 479 g/mol. The second-order valence-electron chi connectivity index (χ2n) is 7.81. The molecule has 0 aliphatic rings. The van der Waals surface area contributed by atoms with E-state index in [1.54, 1.807) is 43.3 Å². The highest BCUT2D eigenvalue weighted by Gasteiger charge is 2.17. The molecule has 33 heavy (non-hydrogen) atoms. The maximum atomic E-state index is 12.8. The third-order valence-corrected chi connectivity index (χ3v) is 6.95. The number of rotatable bonds is 5. The van der Waals surface area contributed by atoms with Gasteiger partial charge in [0.25, 0.3) is 15.9 Å². The first-order valence-electron chi connectivity index (χ1n) is 10.2. The van der Waals surface area contributed by atoms with Gasteiger partial charge in [0.1, 0.15) is 0 Å². The fourth-order valence-electron chi connectivity index (χ4n) is 3.56. The van der Waals surface area contributed by atoms with Crippen LogP contribution in [0.2, 0.25) is 5.02 Å². The third-order valence-electron chi connectivity index (χ3n) is 5.35. The number of aryl methyl sites for hydroxylation is 3. The molecule has 0 saturated heterocycles. The lowest BCUT2D eigenvalue weighted by Crippen LogP contribution is -2.16. The number of halogens is 1. The Morgan fingerprint density at radius 3 is 2.24 bits per heavy atom. The molecule has 8 heteroatoms. The van der Waals surface area contributed by atoms with Crippen LogP contribution in [-0.2, 0) is 10.0 Å². The number of aromatic nitrogens is 1. The summed E-state index contributed by atoms with van der Waals surface area (Å²) in [6, 6.07) is 18.6. The maximum absolute atomic E-state index is 12.8. The predicted molar refractivity (Wildman–Crippen MR) is 133 cm³/mol. The van der Waals surface area contributed by atoms with Crippen molar-refractivity contribution in [3.8, 4) is 0 Å². The van der Waals surface area contributed by atoms with Crippen molar-refractivity contribution >= 4 is 49.8 Å². The second-order valence-corrected chi connectivity index (χ2v) is 9.93. The number of carbonyl (C=O) groups is 1. The van der Waals surface area contributed by atoms with Crippen LogP contribution in [0.3, 0.4) is 0 Å². The SMILES string of the molecule is Cc1cccc(C)c1NS(=O)(=O)c1ccc(NC(=O)c2cc3cc(Cl)ccc3nc2C)cc1. The number of carbonyl (C=O) groups excluding carboxylic acids is 1. The first-order chi connectivity index (χ1) is 15.6.